The zero-order valence-electron chi connectivity index (χ0n) is 8.69. The van der Waals surface area contributed by atoms with Crippen molar-refractivity contribution in [3.8, 4) is 0 Å². The molecule has 0 saturated heterocycles. The third-order valence-electron chi connectivity index (χ3n) is 2.21. The summed E-state index contributed by atoms with van der Waals surface area (Å²) in [4.78, 5) is 10.2. The average molecular weight is 213 g/mol. The van der Waals surface area contributed by atoms with E-state index in [9.17, 15) is 4.79 Å². The van der Waals surface area contributed by atoms with Crippen LogP contribution in [-0.4, -0.2) is 11.1 Å². The fraction of sp³-hybridized carbons (Fsp3) is 0.667. The lowest BCUT2D eigenvalue weighted by atomic mass is 10.2. The molecule has 6 nitrogen and oxygen atoms in total. The molecule has 2 N–H and O–H groups in total. The van der Waals surface area contributed by atoms with Crippen molar-refractivity contribution in [2.75, 3.05) is 0 Å². The first-order chi connectivity index (χ1) is 7.11. The van der Waals surface area contributed by atoms with Crippen LogP contribution in [0.5, 0.6) is 0 Å². The molecule has 1 aromatic rings. The smallest absolute Gasteiger partial charge is 0.303 e. The largest absolute Gasteiger partial charge is 0.487 e. The number of nitrogens with one attached hydrogen (secondary N) is 1. The molecule has 0 aliphatic rings. The van der Waals surface area contributed by atoms with Gasteiger partial charge in [0.2, 0.25) is 5.69 Å². The number of aryl methyl sites for hydroxylation is 1. The molecule has 0 saturated carbocycles. The number of nitrogens with zero attached hydrogens (tertiary/aromatic N) is 2. The predicted molar refractivity (Wildman–Crippen MR) is 48.9 cm³/mol. The number of carboxylic acids is 1. The van der Waals surface area contributed by atoms with Gasteiger partial charge in [-0.05, 0) is 12.8 Å². The quantitative estimate of drug-likeness (QED) is 0.512. The minimum absolute atomic E-state index is 0.0838. The van der Waals surface area contributed by atoms with E-state index < -0.39 is 5.97 Å². The molecule has 0 radical (unpaired) electrons. The van der Waals surface area contributed by atoms with E-state index in [2.05, 4.69) is 9.79 Å². The van der Waals surface area contributed by atoms with Crippen LogP contribution in [-0.2, 0) is 11.3 Å². The Morgan fingerprint density at radius 1 is 1.53 bits per heavy atom. The van der Waals surface area contributed by atoms with Crippen LogP contribution in [0.1, 0.15) is 31.4 Å². The highest BCUT2D eigenvalue weighted by Gasteiger charge is 2.05. The maximum absolute atomic E-state index is 10.2. The summed E-state index contributed by atoms with van der Waals surface area (Å²) in [6, 6.07) is 0. The molecular formula is C9H15N3O3. The summed E-state index contributed by atoms with van der Waals surface area (Å²) in [6.07, 6.45) is 2.59. The molecule has 0 unspecified atom stereocenters. The van der Waals surface area contributed by atoms with Gasteiger partial charge >= 0.3 is 5.97 Å². The van der Waals surface area contributed by atoms with Gasteiger partial charge < -0.3 is 9.63 Å². The number of hydrogen-bond donors (Lipinski definition) is 2. The summed E-state index contributed by atoms with van der Waals surface area (Å²) >= 11 is 0. The van der Waals surface area contributed by atoms with E-state index in [1.54, 1.807) is 11.6 Å². The molecule has 0 bridgehead atoms. The van der Waals surface area contributed by atoms with Gasteiger partial charge in [-0.25, -0.2) is 4.68 Å². The molecule has 6 heteroatoms. The van der Waals surface area contributed by atoms with Crippen molar-refractivity contribution < 1.29 is 19.1 Å². The van der Waals surface area contributed by atoms with E-state index in [1.165, 1.54) is 0 Å². The van der Waals surface area contributed by atoms with Crippen molar-refractivity contribution in [3.05, 3.63) is 11.2 Å². The lowest BCUT2D eigenvalue weighted by molar-refractivity contribution is -0.772. The normalized spacial score (nSPS) is 10.5. The molecule has 15 heavy (non-hydrogen) atoms. The highest BCUT2D eigenvalue weighted by Crippen LogP contribution is 1.99. The summed E-state index contributed by atoms with van der Waals surface area (Å²) < 4.78 is 6.30. The van der Waals surface area contributed by atoms with Gasteiger partial charge in [0.05, 0.1) is 0 Å². The molecule has 84 valence electrons. The Morgan fingerprint density at radius 3 is 2.80 bits per heavy atom. The van der Waals surface area contributed by atoms with E-state index in [-0.39, 0.29) is 12.0 Å². The van der Waals surface area contributed by atoms with Crippen molar-refractivity contribution in [2.45, 2.75) is 39.2 Å². The second kappa shape index (κ2) is 5.33. The Labute approximate surface area is 87.0 Å². The molecule has 1 rings (SSSR count). The number of aliphatic carboxylic acids is 1. The fourth-order valence-corrected chi connectivity index (χ4v) is 1.26. The minimum atomic E-state index is -0.756. The summed E-state index contributed by atoms with van der Waals surface area (Å²) in [5, 5.41) is 19.4. The van der Waals surface area contributed by atoms with Gasteiger partial charge in [-0.2, -0.15) is 0 Å². The van der Waals surface area contributed by atoms with E-state index in [0.717, 1.165) is 12.8 Å². The zero-order valence-corrected chi connectivity index (χ0v) is 8.69. The molecule has 0 atom stereocenters. The van der Waals surface area contributed by atoms with Gasteiger partial charge in [0, 0.05) is 19.8 Å². The van der Waals surface area contributed by atoms with Gasteiger partial charge in [0.25, 0.3) is 5.55 Å². The van der Waals surface area contributed by atoms with E-state index in [0.29, 0.717) is 18.7 Å². The molecule has 0 aliphatic carbocycles. The van der Waals surface area contributed by atoms with Crippen molar-refractivity contribution in [3.63, 3.8) is 0 Å². The first-order valence-electron chi connectivity index (χ1n) is 4.91. The third-order valence-corrected chi connectivity index (χ3v) is 2.21. The van der Waals surface area contributed by atoms with Gasteiger partial charge in [0.15, 0.2) is 0 Å². The van der Waals surface area contributed by atoms with E-state index in [1.807, 2.05) is 0 Å². The number of aromatic nitrogens is 2. The number of hydrogen-bond acceptors (Lipinski definition) is 3. The number of carboxylic acid groups (broad SMARTS) is 1. The fourth-order valence-electron chi connectivity index (χ4n) is 1.26. The maximum atomic E-state index is 10.2. The number of carbonyl (C=O) groups is 1. The Morgan fingerprint density at radius 2 is 2.27 bits per heavy atom. The van der Waals surface area contributed by atoms with Gasteiger partial charge in [-0.1, -0.05) is 0 Å². The van der Waals surface area contributed by atoms with E-state index in [4.69, 9.17) is 10.5 Å². The van der Waals surface area contributed by atoms with Crippen LogP contribution in [0.25, 0.3) is 0 Å². The molecule has 1 heterocycles. The first-order valence-corrected chi connectivity index (χ1v) is 4.91. The van der Waals surface area contributed by atoms with Gasteiger partial charge in [0.1, 0.15) is 6.54 Å². The summed E-state index contributed by atoms with van der Waals surface area (Å²) in [6.45, 7) is 2.45. The monoisotopic (exact) mass is 213 g/mol. The maximum Gasteiger partial charge on any atom is 0.303 e. The molecule has 1 aromatic heterocycles. The van der Waals surface area contributed by atoms with Crippen LogP contribution in [0, 0.1) is 12.3 Å². The Hall–Kier alpha value is -1.59. The van der Waals surface area contributed by atoms with Gasteiger partial charge in [-0.15, -0.1) is 0 Å². The second-order valence-corrected chi connectivity index (χ2v) is 3.42. The van der Waals surface area contributed by atoms with Crippen LogP contribution in [0.2, 0.25) is 0 Å². The standard InChI is InChI=1S/C9H15N3O3/c1-7-9(10)15-11-12(7)6-4-2-3-5-8(13)14/h10H,2-6H2,1H3,(H,13,14). The number of rotatable bonds is 6. The van der Waals surface area contributed by atoms with Crippen LogP contribution in [0.4, 0.5) is 0 Å². The summed E-state index contributed by atoms with van der Waals surface area (Å²) in [5.74, 6) is -0.756. The molecule has 0 aliphatic heterocycles. The second-order valence-electron chi connectivity index (χ2n) is 3.42. The van der Waals surface area contributed by atoms with E-state index >= 15 is 0 Å². The van der Waals surface area contributed by atoms with Gasteiger partial charge in [-0.3, -0.25) is 15.5 Å². The Balaban J connectivity index is 2.23. The summed E-state index contributed by atoms with van der Waals surface area (Å²) in [5.41, 5.74) is 0.786. The van der Waals surface area contributed by atoms with Crippen LogP contribution >= 0.6 is 0 Å². The minimum Gasteiger partial charge on any atom is -0.487 e. The van der Waals surface area contributed by atoms with Crippen LogP contribution < -0.4 is 15.5 Å². The lowest BCUT2D eigenvalue weighted by Gasteiger charge is -1.99. The molecular weight excluding hydrogens is 198 g/mol. The highest BCUT2D eigenvalue weighted by molar-refractivity contribution is 5.66. The topological polar surface area (TPSA) is 92.3 Å². The van der Waals surface area contributed by atoms with Crippen molar-refractivity contribution in [1.29, 1.82) is 5.41 Å². The van der Waals surface area contributed by atoms with Crippen LogP contribution in [0.3, 0.4) is 0 Å². The van der Waals surface area contributed by atoms with Crippen molar-refractivity contribution in [1.82, 2.24) is 5.27 Å². The highest BCUT2D eigenvalue weighted by atomic mass is 16.5. The first kappa shape index (κ1) is 11.5. The Bertz CT molecular complexity index is 380. The average Bonchev–Trinajstić information content (AvgIpc) is 2.48. The summed E-state index contributed by atoms with van der Waals surface area (Å²) in [7, 11) is 0. The lowest BCUT2D eigenvalue weighted by Crippen LogP contribution is -2.41. The zero-order chi connectivity index (χ0) is 11.3. The molecule has 0 spiro atoms. The number of unbranched alkanes of at least 4 members (excludes halogenated alkanes) is 2. The molecule has 0 aromatic carbocycles. The van der Waals surface area contributed by atoms with Crippen molar-refractivity contribution in [2.24, 2.45) is 0 Å². The Kier molecular flexibility index (Phi) is 4.08. The van der Waals surface area contributed by atoms with Crippen LogP contribution in [0.15, 0.2) is 4.52 Å². The molecule has 0 amide bonds. The molecule has 0 fully saturated rings. The predicted octanol–water partition coefficient (Wildman–Crippen LogP) is -0.0428. The SMILES string of the molecule is Cc1c(=N)o[n-][n+]1CCCCCC(=O)O. The third kappa shape index (κ3) is 3.57. The van der Waals surface area contributed by atoms with Crippen molar-refractivity contribution >= 4 is 5.97 Å².